The summed E-state index contributed by atoms with van der Waals surface area (Å²) in [6.45, 7) is 7.27. The van der Waals surface area contributed by atoms with Gasteiger partial charge in [-0.1, -0.05) is 35.9 Å². The summed E-state index contributed by atoms with van der Waals surface area (Å²) in [5.41, 5.74) is 3.24. The molecule has 1 amide bonds. The minimum atomic E-state index is -0.441. The van der Waals surface area contributed by atoms with Crippen molar-refractivity contribution in [2.24, 2.45) is 0 Å². The van der Waals surface area contributed by atoms with Crippen LogP contribution < -0.4 is 0 Å². The Labute approximate surface area is 138 Å². The molecular formula is C19H27NO3. The second kappa shape index (κ2) is 7.64. The summed E-state index contributed by atoms with van der Waals surface area (Å²) < 4.78 is 5.41. The van der Waals surface area contributed by atoms with Crippen molar-refractivity contribution in [1.82, 2.24) is 4.90 Å². The monoisotopic (exact) mass is 317 g/mol. The van der Waals surface area contributed by atoms with Crippen LogP contribution in [0.4, 0.5) is 4.79 Å². The van der Waals surface area contributed by atoms with Crippen LogP contribution in [-0.4, -0.2) is 41.4 Å². The first-order valence-corrected chi connectivity index (χ1v) is 8.24. The normalized spacial score (nSPS) is 15.5. The molecule has 0 saturated carbocycles. The van der Waals surface area contributed by atoms with Crippen LogP contribution >= 0.6 is 0 Å². The van der Waals surface area contributed by atoms with Gasteiger partial charge in [0.05, 0.1) is 0 Å². The van der Waals surface area contributed by atoms with Crippen LogP contribution in [0, 0.1) is 0 Å². The zero-order chi connectivity index (χ0) is 16.9. The predicted molar refractivity (Wildman–Crippen MR) is 92.2 cm³/mol. The molecule has 1 saturated heterocycles. The lowest BCUT2D eigenvalue weighted by atomic mass is 10.0. The first kappa shape index (κ1) is 17.5. The number of amides is 1. The van der Waals surface area contributed by atoms with Crippen molar-refractivity contribution in [3.8, 4) is 0 Å². The lowest BCUT2D eigenvalue weighted by molar-refractivity contribution is 0.0237. The van der Waals surface area contributed by atoms with E-state index in [-0.39, 0.29) is 12.7 Å². The lowest BCUT2D eigenvalue weighted by Crippen LogP contribution is -2.40. The number of aliphatic hydroxyl groups excluding tert-OH is 1. The molecule has 4 nitrogen and oxygen atoms in total. The Morgan fingerprint density at radius 2 is 1.83 bits per heavy atom. The Balaban J connectivity index is 1.89. The number of benzene rings is 1. The topological polar surface area (TPSA) is 49.8 Å². The van der Waals surface area contributed by atoms with Gasteiger partial charge in [-0.05, 0) is 51.2 Å². The first-order chi connectivity index (χ1) is 10.9. The van der Waals surface area contributed by atoms with Crippen LogP contribution in [0.15, 0.2) is 29.8 Å². The van der Waals surface area contributed by atoms with Gasteiger partial charge in [-0.15, -0.1) is 0 Å². The number of ether oxygens (including phenoxy) is 1. The second-order valence-electron chi connectivity index (χ2n) is 6.99. The van der Waals surface area contributed by atoms with Crippen molar-refractivity contribution in [2.75, 3.05) is 19.7 Å². The Hall–Kier alpha value is -1.81. The molecule has 0 unspecified atom stereocenters. The summed E-state index contributed by atoms with van der Waals surface area (Å²) in [5, 5.41) is 8.94. The zero-order valence-electron chi connectivity index (χ0n) is 14.3. The molecule has 0 spiro atoms. The molecule has 4 heteroatoms. The average Bonchev–Trinajstić information content (AvgIpc) is 2.48. The summed E-state index contributed by atoms with van der Waals surface area (Å²) >= 11 is 0. The van der Waals surface area contributed by atoms with E-state index in [1.165, 1.54) is 11.1 Å². The number of rotatable bonds is 3. The fourth-order valence-corrected chi connectivity index (χ4v) is 2.59. The van der Waals surface area contributed by atoms with Gasteiger partial charge in [0.1, 0.15) is 5.60 Å². The summed E-state index contributed by atoms with van der Waals surface area (Å²) in [7, 11) is 0. The highest BCUT2D eigenvalue weighted by Crippen LogP contribution is 2.21. The number of piperidine rings is 1. The molecule has 1 aliphatic rings. The number of hydrogen-bond acceptors (Lipinski definition) is 3. The molecule has 1 heterocycles. The van der Waals surface area contributed by atoms with E-state index in [2.05, 4.69) is 30.3 Å². The van der Waals surface area contributed by atoms with Gasteiger partial charge in [0.2, 0.25) is 0 Å². The smallest absolute Gasteiger partial charge is 0.410 e. The average molecular weight is 317 g/mol. The number of carbonyl (C=O) groups is 1. The van der Waals surface area contributed by atoms with Crippen LogP contribution in [-0.2, 0) is 11.2 Å². The van der Waals surface area contributed by atoms with Crippen LogP contribution in [0.25, 0.3) is 6.08 Å². The van der Waals surface area contributed by atoms with Crippen LogP contribution in [0.1, 0.15) is 44.7 Å². The van der Waals surface area contributed by atoms with E-state index in [9.17, 15) is 4.79 Å². The summed E-state index contributed by atoms with van der Waals surface area (Å²) in [6.07, 6.45) is 4.46. The quantitative estimate of drug-likeness (QED) is 0.926. The molecule has 0 atom stereocenters. The second-order valence-corrected chi connectivity index (χ2v) is 6.99. The fourth-order valence-electron chi connectivity index (χ4n) is 2.59. The van der Waals surface area contributed by atoms with E-state index in [0.717, 1.165) is 18.4 Å². The van der Waals surface area contributed by atoms with E-state index >= 15 is 0 Å². The molecule has 1 N–H and O–H groups in total. The number of aliphatic hydroxyl groups is 1. The molecule has 2 rings (SSSR count). The maximum absolute atomic E-state index is 12.0. The summed E-state index contributed by atoms with van der Waals surface area (Å²) in [4.78, 5) is 13.8. The third-order valence-corrected chi connectivity index (χ3v) is 3.81. The van der Waals surface area contributed by atoms with E-state index in [4.69, 9.17) is 9.84 Å². The zero-order valence-corrected chi connectivity index (χ0v) is 14.3. The van der Waals surface area contributed by atoms with E-state index in [0.29, 0.717) is 19.5 Å². The van der Waals surface area contributed by atoms with Gasteiger partial charge in [0.25, 0.3) is 0 Å². The van der Waals surface area contributed by atoms with E-state index in [1.54, 1.807) is 4.90 Å². The van der Waals surface area contributed by atoms with Crippen LogP contribution in [0.5, 0.6) is 0 Å². The van der Waals surface area contributed by atoms with Crippen molar-refractivity contribution in [3.05, 3.63) is 41.0 Å². The minimum absolute atomic E-state index is 0.181. The molecule has 0 bridgehead atoms. The van der Waals surface area contributed by atoms with E-state index in [1.807, 2.05) is 20.8 Å². The number of likely N-dealkylation sites (tertiary alicyclic amines) is 1. The van der Waals surface area contributed by atoms with Crippen molar-refractivity contribution >= 4 is 12.2 Å². The van der Waals surface area contributed by atoms with E-state index < -0.39 is 5.60 Å². The Bertz CT molecular complexity index is 545. The third kappa shape index (κ3) is 5.71. The highest BCUT2D eigenvalue weighted by atomic mass is 16.6. The van der Waals surface area contributed by atoms with Crippen LogP contribution in [0.2, 0.25) is 0 Å². The molecule has 126 valence electrons. The Morgan fingerprint density at radius 1 is 1.22 bits per heavy atom. The number of carbonyl (C=O) groups excluding carboxylic acids is 1. The largest absolute Gasteiger partial charge is 0.444 e. The maximum atomic E-state index is 12.0. The van der Waals surface area contributed by atoms with Gasteiger partial charge < -0.3 is 14.7 Å². The van der Waals surface area contributed by atoms with Crippen molar-refractivity contribution in [2.45, 2.75) is 45.6 Å². The molecule has 23 heavy (non-hydrogen) atoms. The van der Waals surface area contributed by atoms with Crippen LogP contribution in [0.3, 0.4) is 0 Å². The Morgan fingerprint density at radius 3 is 2.35 bits per heavy atom. The van der Waals surface area contributed by atoms with Gasteiger partial charge in [0, 0.05) is 19.7 Å². The fraction of sp³-hybridized carbons (Fsp3) is 0.526. The highest BCUT2D eigenvalue weighted by Gasteiger charge is 2.24. The van der Waals surface area contributed by atoms with Crippen molar-refractivity contribution < 1.29 is 14.6 Å². The number of nitrogens with zero attached hydrogens (tertiary/aromatic N) is 1. The SMILES string of the molecule is CC(C)(C)OC(=O)N1CCC(=Cc2ccc(CCO)cc2)CC1. The van der Waals surface area contributed by atoms with Gasteiger partial charge in [-0.2, -0.15) is 0 Å². The molecule has 1 aromatic carbocycles. The Kier molecular flexibility index (Phi) is 5.83. The highest BCUT2D eigenvalue weighted by molar-refractivity contribution is 5.68. The van der Waals surface area contributed by atoms with Gasteiger partial charge in [-0.3, -0.25) is 0 Å². The molecule has 0 radical (unpaired) electrons. The summed E-state index contributed by atoms with van der Waals surface area (Å²) in [5.74, 6) is 0. The minimum Gasteiger partial charge on any atom is -0.444 e. The molecule has 1 aromatic rings. The van der Waals surface area contributed by atoms with Crippen molar-refractivity contribution in [1.29, 1.82) is 0 Å². The molecule has 0 aliphatic carbocycles. The van der Waals surface area contributed by atoms with Gasteiger partial charge in [0.15, 0.2) is 0 Å². The third-order valence-electron chi connectivity index (χ3n) is 3.81. The predicted octanol–water partition coefficient (Wildman–Crippen LogP) is 3.64. The molecule has 0 aromatic heterocycles. The standard InChI is InChI=1S/C19H27NO3/c1-19(2,3)23-18(22)20-11-8-17(9-12-20)14-16-6-4-15(5-7-16)10-13-21/h4-7,14,21H,8-13H2,1-3H3. The van der Waals surface area contributed by atoms with Gasteiger partial charge >= 0.3 is 6.09 Å². The van der Waals surface area contributed by atoms with Crippen molar-refractivity contribution in [3.63, 3.8) is 0 Å². The first-order valence-electron chi connectivity index (χ1n) is 8.24. The summed E-state index contributed by atoms with van der Waals surface area (Å²) in [6, 6.07) is 8.27. The molecule has 1 fully saturated rings. The number of hydrogen-bond donors (Lipinski definition) is 1. The lowest BCUT2D eigenvalue weighted by Gasteiger charge is -2.31. The van der Waals surface area contributed by atoms with Gasteiger partial charge in [-0.25, -0.2) is 4.79 Å². The maximum Gasteiger partial charge on any atom is 0.410 e. The molecule has 1 aliphatic heterocycles. The molecular weight excluding hydrogens is 290 g/mol.